The highest BCUT2D eigenvalue weighted by atomic mass is 16.3. The minimum atomic E-state index is -0.119. The molecule has 2 heterocycles. The van der Waals surface area contributed by atoms with Crippen LogP contribution < -0.4 is 0 Å². The number of nitrogens with zero attached hydrogens (tertiary/aromatic N) is 1. The van der Waals surface area contributed by atoms with Crippen LogP contribution in [0.2, 0.25) is 0 Å². The number of allylic oxidation sites excluding steroid dienone is 1. The lowest BCUT2D eigenvalue weighted by Gasteiger charge is -1.95. The van der Waals surface area contributed by atoms with Gasteiger partial charge in [-0.3, -0.25) is 9.78 Å². The second-order valence-corrected chi connectivity index (χ2v) is 4.74. The highest BCUT2D eigenvalue weighted by Crippen LogP contribution is 2.27. The number of furan rings is 1. The lowest BCUT2D eigenvalue weighted by atomic mass is 10.1. The number of aryl methyl sites for hydroxylation is 1. The van der Waals surface area contributed by atoms with E-state index in [0.29, 0.717) is 5.76 Å². The third-order valence-electron chi connectivity index (χ3n) is 3.39. The monoisotopic (exact) mass is 277 g/mol. The van der Waals surface area contributed by atoms with Gasteiger partial charge in [0.25, 0.3) is 0 Å². The molecule has 0 radical (unpaired) electrons. The van der Waals surface area contributed by atoms with Gasteiger partial charge in [-0.1, -0.05) is 31.2 Å². The van der Waals surface area contributed by atoms with Gasteiger partial charge in [-0.15, -0.1) is 0 Å². The number of carbonyl (C=O) groups excluding carboxylic acids is 1. The third-order valence-corrected chi connectivity index (χ3v) is 3.39. The van der Waals surface area contributed by atoms with Gasteiger partial charge in [0.05, 0.1) is 0 Å². The zero-order valence-electron chi connectivity index (χ0n) is 11.7. The molecule has 0 saturated carbocycles. The summed E-state index contributed by atoms with van der Waals surface area (Å²) in [5.41, 5.74) is 2.61. The van der Waals surface area contributed by atoms with Gasteiger partial charge in [0, 0.05) is 23.3 Å². The van der Waals surface area contributed by atoms with Crippen LogP contribution in [-0.2, 0) is 6.42 Å². The first-order valence-corrected chi connectivity index (χ1v) is 6.92. The van der Waals surface area contributed by atoms with Gasteiger partial charge >= 0.3 is 0 Å². The number of hydrogen-bond donors (Lipinski definition) is 0. The first kappa shape index (κ1) is 13.3. The number of aromatic nitrogens is 1. The highest BCUT2D eigenvalue weighted by molar-refractivity contribution is 6.08. The fraction of sp³-hybridized carbons (Fsp3) is 0.111. The Kier molecular flexibility index (Phi) is 3.65. The van der Waals surface area contributed by atoms with Gasteiger partial charge in [0.1, 0.15) is 5.58 Å². The van der Waals surface area contributed by atoms with Crippen LogP contribution in [0.15, 0.2) is 59.3 Å². The van der Waals surface area contributed by atoms with E-state index >= 15 is 0 Å². The number of rotatable bonds is 4. The Balaban J connectivity index is 1.96. The molecule has 3 nitrogen and oxygen atoms in total. The molecule has 0 N–H and O–H groups in total. The number of carbonyl (C=O) groups is 1. The quantitative estimate of drug-likeness (QED) is 0.528. The standard InChI is InChI=1S/C18H15NO2/c1-2-14-15-7-3-4-8-17(15)21-18(14)16(20)10-9-13-6-5-11-19-12-13/h3-12H,2H2,1H3/b10-9-. The summed E-state index contributed by atoms with van der Waals surface area (Å²) in [6.07, 6.45) is 7.46. The van der Waals surface area contributed by atoms with E-state index in [2.05, 4.69) is 4.98 Å². The molecule has 0 unspecified atom stereocenters. The molecular formula is C18H15NO2. The lowest BCUT2D eigenvalue weighted by molar-refractivity contribution is 0.102. The molecule has 3 heteroatoms. The van der Waals surface area contributed by atoms with Crippen molar-refractivity contribution in [3.63, 3.8) is 0 Å². The summed E-state index contributed by atoms with van der Waals surface area (Å²) in [6, 6.07) is 11.5. The van der Waals surface area contributed by atoms with Crippen molar-refractivity contribution >= 4 is 22.8 Å². The maximum Gasteiger partial charge on any atom is 0.221 e. The molecule has 0 spiro atoms. The van der Waals surface area contributed by atoms with E-state index in [1.165, 1.54) is 6.08 Å². The fourth-order valence-corrected chi connectivity index (χ4v) is 2.37. The van der Waals surface area contributed by atoms with Crippen molar-refractivity contribution in [3.05, 3.63) is 71.8 Å². The number of fused-ring (bicyclic) bond motifs is 1. The van der Waals surface area contributed by atoms with Crippen molar-refractivity contribution < 1.29 is 9.21 Å². The van der Waals surface area contributed by atoms with Crippen LogP contribution in [0.4, 0.5) is 0 Å². The Morgan fingerprint density at radius 3 is 2.86 bits per heavy atom. The van der Waals surface area contributed by atoms with Gasteiger partial charge < -0.3 is 4.42 Å². The Labute approximate surface area is 122 Å². The maximum absolute atomic E-state index is 12.4. The topological polar surface area (TPSA) is 43.1 Å². The van der Waals surface area contributed by atoms with Crippen molar-refractivity contribution in [1.29, 1.82) is 0 Å². The molecule has 0 aliphatic rings. The Morgan fingerprint density at radius 2 is 2.10 bits per heavy atom. The van der Waals surface area contributed by atoms with E-state index in [9.17, 15) is 4.79 Å². The average molecular weight is 277 g/mol. The molecule has 0 aliphatic heterocycles. The largest absolute Gasteiger partial charge is 0.452 e. The molecule has 0 bridgehead atoms. The molecule has 3 rings (SSSR count). The van der Waals surface area contributed by atoms with Crippen LogP contribution in [0.5, 0.6) is 0 Å². The molecule has 2 aromatic heterocycles. The predicted molar refractivity (Wildman–Crippen MR) is 83.2 cm³/mol. The number of benzene rings is 1. The summed E-state index contributed by atoms with van der Waals surface area (Å²) in [6.45, 7) is 2.03. The molecule has 0 fully saturated rings. The smallest absolute Gasteiger partial charge is 0.221 e. The van der Waals surface area contributed by atoms with E-state index in [0.717, 1.165) is 28.5 Å². The first-order chi connectivity index (χ1) is 10.3. The van der Waals surface area contributed by atoms with Crippen molar-refractivity contribution in [2.75, 3.05) is 0 Å². The molecule has 0 atom stereocenters. The minimum absolute atomic E-state index is 0.119. The SMILES string of the molecule is CCc1c(C(=O)/C=C\c2cccnc2)oc2ccccc12. The average Bonchev–Trinajstić information content (AvgIpc) is 2.92. The molecular weight excluding hydrogens is 262 g/mol. The molecule has 3 aromatic rings. The van der Waals surface area contributed by atoms with Crippen LogP contribution >= 0.6 is 0 Å². The zero-order chi connectivity index (χ0) is 14.7. The molecule has 0 aliphatic carbocycles. The zero-order valence-corrected chi connectivity index (χ0v) is 11.7. The van der Waals surface area contributed by atoms with Gasteiger partial charge in [-0.2, -0.15) is 0 Å². The maximum atomic E-state index is 12.4. The Bertz CT molecular complexity index is 800. The van der Waals surface area contributed by atoms with E-state index in [1.807, 2.05) is 43.3 Å². The Hall–Kier alpha value is -2.68. The minimum Gasteiger partial charge on any atom is -0.452 e. The van der Waals surface area contributed by atoms with E-state index in [-0.39, 0.29) is 5.78 Å². The summed E-state index contributed by atoms with van der Waals surface area (Å²) in [5.74, 6) is 0.311. The lowest BCUT2D eigenvalue weighted by Crippen LogP contribution is -1.96. The molecule has 1 aromatic carbocycles. The van der Waals surface area contributed by atoms with Crippen molar-refractivity contribution in [3.8, 4) is 0 Å². The fourth-order valence-electron chi connectivity index (χ4n) is 2.37. The Morgan fingerprint density at radius 1 is 1.24 bits per heavy atom. The summed E-state index contributed by atoms with van der Waals surface area (Å²) < 4.78 is 5.72. The summed E-state index contributed by atoms with van der Waals surface area (Å²) in [7, 11) is 0. The number of hydrogen-bond acceptors (Lipinski definition) is 3. The molecule has 0 saturated heterocycles. The van der Waals surface area contributed by atoms with Gasteiger partial charge in [0.15, 0.2) is 5.76 Å². The number of para-hydroxylation sites is 1. The van der Waals surface area contributed by atoms with Gasteiger partial charge in [0.2, 0.25) is 5.78 Å². The summed E-state index contributed by atoms with van der Waals surface area (Å²) >= 11 is 0. The van der Waals surface area contributed by atoms with Crippen LogP contribution in [0.25, 0.3) is 17.0 Å². The van der Waals surface area contributed by atoms with E-state index in [4.69, 9.17) is 4.42 Å². The number of pyridine rings is 1. The molecule has 104 valence electrons. The van der Waals surface area contributed by atoms with Crippen LogP contribution in [0.3, 0.4) is 0 Å². The molecule has 21 heavy (non-hydrogen) atoms. The van der Waals surface area contributed by atoms with E-state index < -0.39 is 0 Å². The van der Waals surface area contributed by atoms with Gasteiger partial charge in [-0.25, -0.2) is 0 Å². The van der Waals surface area contributed by atoms with Crippen molar-refractivity contribution in [1.82, 2.24) is 4.98 Å². The second kappa shape index (κ2) is 5.75. The van der Waals surface area contributed by atoms with Crippen LogP contribution in [0.1, 0.15) is 28.6 Å². The number of ketones is 1. The van der Waals surface area contributed by atoms with E-state index in [1.54, 1.807) is 18.5 Å². The predicted octanol–water partition coefficient (Wildman–Crippen LogP) is 4.29. The summed E-state index contributed by atoms with van der Waals surface area (Å²) in [4.78, 5) is 16.4. The first-order valence-electron chi connectivity index (χ1n) is 6.92. The summed E-state index contributed by atoms with van der Waals surface area (Å²) in [5, 5.41) is 1.01. The van der Waals surface area contributed by atoms with Crippen molar-refractivity contribution in [2.24, 2.45) is 0 Å². The third kappa shape index (κ3) is 2.63. The van der Waals surface area contributed by atoms with Crippen LogP contribution in [0, 0.1) is 0 Å². The normalized spacial score (nSPS) is 11.3. The van der Waals surface area contributed by atoms with Crippen LogP contribution in [-0.4, -0.2) is 10.8 Å². The molecule has 0 amide bonds. The van der Waals surface area contributed by atoms with Gasteiger partial charge in [-0.05, 0) is 36.3 Å². The second-order valence-electron chi connectivity index (χ2n) is 4.74. The highest BCUT2D eigenvalue weighted by Gasteiger charge is 2.16. The van der Waals surface area contributed by atoms with Crippen molar-refractivity contribution in [2.45, 2.75) is 13.3 Å².